The molecule has 9 heteroatoms. The van der Waals surface area contributed by atoms with Gasteiger partial charge in [0, 0.05) is 13.1 Å². The molecule has 2 saturated heterocycles. The van der Waals surface area contributed by atoms with Crippen LogP contribution in [0.5, 0.6) is 0 Å². The van der Waals surface area contributed by atoms with Gasteiger partial charge in [-0.15, -0.1) is 12.4 Å². The van der Waals surface area contributed by atoms with Crippen LogP contribution in [0.3, 0.4) is 0 Å². The van der Waals surface area contributed by atoms with Crippen molar-refractivity contribution in [2.75, 3.05) is 31.1 Å². The molecule has 0 radical (unpaired) electrons. The van der Waals surface area contributed by atoms with E-state index in [0.717, 1.165) is 44.3 Å². The summed E-state index contributed by atoms with van der Waals surface area (Å²) in [7, 11) is 0. The van der Waals surface area contributed by atoms with Gasteiger partial charge in [0.25, 0.3) is 6.43 Å². The Morgan fingerprint density at radius 3 is 2.91 bits per heavy atom. The Morgan fingerprint density at radius 1 is 1.26 bits per heavy atom. The molecule has 4 rings (SSSR count). The smallest absolute Gasteiger partial charge is 0.258 e. The summed E-state index contributed by atoms with van der Waals surface area (Å²) in [4.78, 5) is 11.1. The molecule has 2 atom stereocenters. The van der Waals surface area contributed by atoms with Gasteiger partial charge in [0.2, 0.25) is 0 Å². The molecule has 2 aliphatic heterocycles. The van der Waals surface area contributed by atoms with Crippen LogP contribution in [0.4, 0.5) is 14.6 Å². The Labute approximate surface area is 138 Å². The molecule has 0 aliphatic carbocycles. The van der Waals surface area contributed by atoms with E-state index in [9.17, 15) is 8.78 Å². The number of alkyl halides is 2. The van der Waals surface area contributed by atoms with Crippen LogP contribution >= 0.6 is 12.4 Å². The fraction of sp³-hybridized carbons (Fsp3) is 0.643. The Kier molecular flexibility index (Phi) is 4.63. The fourth-order valence-corrected chi connectivity index (χ4v) is 3.50. The average Bonchev–Trinajstić information content (AvgIpc) is 3.12. The van der Waals surface area contributed by atoms with Crippen LogP contribution in [0.25, 0.3) is 11.2 Å². The van der Waals surface area contributed by atoms with Crippen molar-refractivity contribution < 1.29 is 8.78 Å². The number of nitrogens with one attached hydrogen (secondary N) is 1. The summed E-state index contributed by atoms with van der Waals surface area (Å²) in [6.07, 6.45) is 1.89. The molecule has 6 nitrogen and oxygen atoms in total. The minimum absolute atomic E-state index is 0. The Bertz CT molecular complexity index is 678. The van der Waals surface area contributed by atoms with Gasteiger partial charge in [0.1, 0.15) is 17.9 Å². The molecule has 1 N–H and O–H groups in total. The lowest BCUT2D eigenvalue weighted by atomic mass is 9.89. The number of halogens is 3. The molecule has 23 heavy (non-hydrogen) atoms. The minimum atomic E-state index is -2.45. The molecule has 0 unspecified atom stereocenters. The van der Waals surface area contributed by atoms with Gasteiger partial charge in [0.05, 0.1) is 12.4 Å². The van der Waals surface area contributed by atoms with Crippen LogP contribution in [0.2, 0.25) is 0 Å². The summed E-state index contributed by atoms with van der Waals surface area (Å²) in [5, 5.41) is 7.39. The first-order chi connectivity index (χ1) is 10.7. The van der Waals surface area contributed by atoms with Crippen molar-refractivity contribution in [3.63, 3.8) is 0 Å². The first-order valence-corrected chi connectivity index (χ1v) is 7.63. The monoisotopic (exact) mass is 344 g/mol. The first-order valence-electron chi connectivity index (χ1n) is 7.63. The van der Waals surface area contributed by atoms with E-state index in [1.807, 2.05) is 0 Å². The third-order valence-electron chi connectivity index (χ3n) is 4.67. The largest absolute Gasteiger partial charge is 0.355 e. The Hall–Kier alpha value is -1.54. The van der Waals surface area contributed by atoms with Gasteiger partial charge in [0.15, 0.2) is 5.65 Å². The van der Waals surface area contributed by atoms with Crippen molar-refractivity contribution in [2.45, 2.75) is 19.4 Å². The van der Waals surface area contributed by atoms with Crippen molar-refractivity contribution in [3.8, 4) is 0 Å². The topological polar surface area (TPSA) is 58.9 Å². The van der Waals surface area contributed by atoms with Gasteiger partial charge < -0.3 is 10.2 Å². The standard InChI is InChI=1S/C14H18F2N6.ClH/c15-12(16)8-22-14-11(5-19-22)18-6-13(20-14)21-2-1-9-3-17-4-10(9)7-21;/h5-6,9-10,12,17H,1-4,7-8H2;1H/t9-,10-;/m1./s1. The van der Waals surface area contributed by atoms with Gasteiger partial charge in [-0.05, 0) is 31.3 Å². The number of hydrogen-bond acceptors (Lipinski definition) is 5. The van der Waals surface area contributed by atoms with Crippen LogP contribution < -0.4 is 10.2 Å². The molecule has 0 amide bonds. The lowest BCUT2D eigenvalue weighted by Gasteiger charge is -2.35. The number of aromatic nitrogens is 4. The highest BCUT2D eigenvalue weighted by molar-refractivity contribution is 5.85. The maximum Gasteiger partial charge on any atom is 0.258 e. The Morgan fingerprint density at radius 2 is 2.09 bits per heavy atom. The molecule has 4 heterocycles. The number of hydrogen-bond donors (Lipinski definition) is 1. The molecule has 0 spiro atoms. The lowest BCUT2D eigenvalue weighted by Crippen LogP contribution is -2.40. The zero-order valence-electron chi connectivity index (χ0n) is 12.5. The molecule has 126 valence electrons. The third-order valence-corrected chi connectivity index (χ3v) is 4.67. The first kappa shape index (κ1) is 16.3. The van der Waals surface area contributed by atoms with Crippen molar-refractivity contribution in [1.82, 2.24) is 25.1 Å². The molecule has 2 aromatic heterocycles. The molecule has 0 saturated carbocycles. The van der Waals surface area contributed by atoms with E-state index in [1.165, 1.54) is 10.9 Å². The summed E-state index contributed by atoms with van der Waals surface area (Å²) in [6, 6.07) is 0. The van der Waals surface area contributed by atoms with Crippen molar-refractivity contribution >= 4 is 29.4 Å². The van der Waals surface area contributed by atoms with E-state index in [4.69, 9.17) is 0 Å². The van der Waals surface area contributed by atoms with Crippen LogP contribution in [-0.2, 0) is 6.54 Å². The lowest BCUT2D eigenvalue weighted by molar-refractivity contribution is 0.123. The molecule has 2 aliphatic rings. The van der Waals surface area contributed by atoms with Crippen LogP contribution in [0.1, 0.15) is 6.42 Å². The third kappa shape index (κ3) is 3.10. The molecule has 0 aromatic carbocycles. The van der Waals surface area contributed by atoms with E-state index >= 15 is 0 Å². The number of nitrogens with zero attached hydrogens (tertiary/aromatic N) is 5. The zero-order chi connectivity index (χ0) is 15.1. The summed E-state index contributed by atoms with van der Waals surface area (Å²) in [5.74, 6) is 2.14. The average molecular weight is 345 g/mol. The Balaban J connectivity index is 0.00000156. The van der Waals surface area contributed by atoms with Crippen molar-refractivity contribution in [1.29, 1.82) is 0 Å². The van der Waals surface area contributed by atoms with E-state index < -0.39 is 13.0 Å². The predicted octanol–water partition coefficient (Wildman–Crippen LogP) is 1.56. The molecular weight excluding hydrogens is 326 g/mol. The van der Waals surface area contributed by atoms with Gasteiger partial charge in [-0.2, -0.15) is 5.10 Å². The van der Waals surface area contributed by atoms with Crippen LogP contribution in [0, 0.1) is 11.8 Å². The summed E-state index contributed by atoms with van der Waals surface area (Å²) in [6.45, 7) is 3.58. The maximum absolute atomic E-state index is 12.6. The minimum Gasteiger partial charge on any atom is -0.355 e. The summed E-state index contributed by atoms with van der Waals surface area (Å²) >= 11 is 0. The molecule has 2 aromatic rings. The maximum atomic E-state index is 12.6. The molecular formula is C14H19ClF2N6. The van der Waals surface area contributed by atoms with Crippen molar-refractivity contribution in [3.05, 3.63) is 12.4 Å². The van der Waals surface area contributed by atoms with Gasteiger partial charge >= 0.3 is 0 Å². The van der Waals surface area contributed by atoms with E-state index in [2.05, 4.69) is 25.3 Å². The number of rotatable bonds is 3. The second kappa shape index (κ2) is 6.52. The van der Waals surface area contributed by atoms with Gasteiger partial charge in [-0.25, -0.2) is 23.4 Å². The highest BCUT2D eigenvalue weighted by Crippen LogP contribution is 2.29. The second-order valence-electron chi connectivity index (χ2n) is 6.07. The number of piperidine rings is 1. The summed E-state index contributed by atoms with van der Waals surface area (Å²) in [5.41, 5.74) is 0.992. The highest BCUT2D eigenvalue weighted by Gasteiger charge is 2.33. The normalized spacial score (nSPS) is 24.0. The second-order valence-corrected chi connectivity index (χ2v) is 6.07. The van der Waals surface area contributed by atoms with E-state index in [1.54, 1.807) is 6.20 Å². The van der Waals surface area contributed by atoms with Crippen LogP contribution in [0.15, 0.2) is 12.4 Å². The molecule has 0 bridgehead atoms. The molecule has 2 fully saturated rings. The van der Waals surface area contributed by atoms with Gasteiger partial charge in [-0.3, -0.25) is 0 Å². The zero-order valence-corrected chi connectivity index (χ0v) is 13.3. The van der Waals surface area contributed by atoms with Crippen LogP contribution in [-0.4, -0.2) is 52.4 Å². The summed E-state index contributed by atoms with van der Waals surface area (Å²) < 4.78 is 26.4. The number of anilines is 1. The van der Waals surface area contributed by atoms with Gasteiger partial charge in [-0.1, -0.05) is 0 Å². The van der Waals surface area contributed by atoms with Crippen molar-refractivity contribution in [2.24, 2.45) is 11.8 Å². The highest BCUT2D eigenvalue weighted by atomic mass is 35.5. The van der Waals surface area contributed by atoms with E-state index in [0.29, 0.717) is 17.1 Å². The fourth-order valence-electron chi connectivity index (χ4n) is 3.50. The predicted molar refractivity (Wildman–Crippen MR) is 85.3 cm³/mol. The van der Waals surface area contributed by atoms with E-state index in [-0.39, 0.29) is 12.4 Å². The number of fused-ring (bicyclic) bond motifs is 2. The SMILES string of the molecule is Cl.FC(F)Cn1ncc2ncc(N3CC[C@@H]4CNC[C@@H]4C3)nc21. The quantitative estimate of drug-likeness (QED) is 0.915.